The molecule has 3 N–H and O–H groups in total. The van der Waals surface area contributed by atoms with Crippen LogP contribution in [0, 0.1) is 11.8 Å². The summed E-state index contributed by atoms with van der Waals surface area (Å²) in [4.78, 5) is 2.22. The molecule has 2 aliphatic heterocycles. The second-order valence-electron chi connectivity index (χ2n) is 7.05. The first-order chi connectivity index (χ1) is 12.2. The van der Waals surface area contributed by atoms with Crippen LogP contribution in [0.5, 0.6) is 0 Å². The molecule has 0 spiro atoms. The first-order valence-electron chi connectivity index (χ1n) is 9.03. The second-order valence-corrected chi connectivity index (χ2v) is 7.05. The molecule has 0 fully saturated rings. The zero-order chi connectivity index (χ0) is 17.6. The Labute approximate surface area is 150 Å². The van der Waals surface area contributed by atoms with Crippen LogP contribution in [0.2, 0.25) is 0 Å². The molecule has 2 aliphatic rings. The van der Waals surface area contributed by atoms with E-state index in [0.717, 1.165) is 25.9 Å². The summed E-state index contributed by atoms with van der Waals surface area (Å²) in [6.45, 7) is 2.43. The largest absolute Gasteiger partial charge is 0.396 e. The molecule has 25 heavy (non-hydrogen) atoms. The van der Waals surface area contributed by atoms with E-state index in [2.05, 4.69) is 53.7 Å². The number of fused-ring (bicyclic) bond motifs is 2. The molecule has 134 valence electrons. The lowest BCUT2D eigenvalue weighted by Gasteiger charge is -2.32. The lowest BCUT2D eigenvalue weighted by Crippen LogP contribution is -2.33. The third-order valence-electron chi connectivity index (χ3n) is 5.07. The van der Waals surface area contributed by atoms with E-state index >= 15 is 0 Å². The fraction of sp³-hybridized carbons (Fsp3) is 0.429. The fourth-order valence-corrected chi connectivity index (χ4v) is 3.68. The van der Waals surface area contributed by atoms with Crippen LogP contribution in [0.1, 0.15) is 11.1 Å². The van der Waals surface area contributed by atoms with E-state index in [9.17, 15) is 0 Å². The standard InChI is InChI=1S/C11H15NO.C10H13NO/c1-12-7-9(8-13)6-10-4-2-3-5-11(10)12;12-7-8-5-9-3-1-2-4-10(9)11-6-8/h2-5,9,13H,6-8H2,1H3;1-4,8,11-12H,5-7H2. The van der Waals surface area contributed by atoms with E-state index in [4.69, 9.17) is 10.2 Å². The van der Waals surface area contributed by atoms with Crippen molar-refractivity contribution in [3.05, 3.63) is 59.7 Å². The van der Waals surface area contributed by atoms with Crippen LogP contribution >= 0.6 is 0 Å². The Morgan fingerprint density at radius 1 is 0.920 bits per heavy atom. The molecular formula is C21H28N2O2. The third-order valence-corrected chi connectivity index (χ3v) is 5.07. The smallest absolute Gasteiger partial charge is 0.0479 e. The Bertz CT molecular complexity index is 689. The number of rotatable bonds is 2. The van der Waals surface area contributed by atoms with E-state index in [1.54, 1.807) is 0 Å². The zero-order valence-electron chi connectivity index (χ0n) is 14.9. The number of anilines is 2. The van der Waals surface area contributed by atoms with Crippen molar-refractivity contribution in [2.45, 2.75) is 12.8 Å². The molecule has 2 atom stereocenters. The second kappa shape index (κ2) is 8.37. The normalized spacial score (nSPS) is 21.3. The Morgan fingerprint density at radius 2 is 1.56 bits per heavy atom. The topological polar surface area (TPSA) is 55.7 Å². The van der Waals surface area contributed by atoms with Crippen molar-refractivity contribution in [1.82, 2.24) is 0 Å². The van der Waals surface area contributed by atoms with E-state index in [1.165, 1.54) is 22.5 Å². The van der Waals surface area contributed by atoms with E-state index in [1.807, 2.05) is 12.1 Å². The minimum absolute atomic E-state index is 0.279. The molecule has 2 aromatic rings. The highest BCUT2D eigenvalue weighted by molar-refractivity contribution is 5.55. The van der Waals surface area contributed by atoms with Crippen LogP contribution in [-0.2, 0) is 12.8 Å². The van der Waals surface area contributed by atoms with Gasteiger partial charge in [0.1, 0.15) is 0 Å². The highest BCUT2D eigenvalue weighted by atomic mass is 16.3. The Hall–Kier alpha value is -2.04. The number of hydrogen-bond donors (Lipinski definition) is 3. The zero-order valence-corrected chi connectivity index (χ0v) is 14.9. The third kappa shape index (κ3) is 4.33. The number of benzene rings is 2. The average Bonchev–Trinajstić information content (AvgIpc) is 2.68. The van der Waals surface area contributed by atoms with Gasteiger partial charge in [-0.1, -0.05) is 36.4 Å². The summed E-state index contributed by atoms with van der Waals surface area (Å²) in [6.07, 6.45) is 2.01. The van der Waals surface area contributed by atoms with Crippen LogP contribution in [0.25, 0.3) is 0 Å². The molecule has 2 aromatic carbocycles. The molecule has 2 heterocycles. The SMILES string of the molecule is CN1CC(CO)Cc2ccccc21.OCC1CNc2ccccc2C1. The maximum Gasteiger partial charge on any atom is 0.0479 e. The summed E-state index contributed by atoms with van der Waals surface area (Å²) in [6, 6.07) is 16.7. The predicted octanol–water partition coefficient (Wildman–Crippen LogP) is 2.55. The number of aliphatic hydroxyl groups excluding tert-OH is 2. The van der Waals surface area contributed by atoms with Crippen molar-refractivity contribution in [3.8, 4) is 0 Å². The number of nitrogens with zero attached hydrogens (tertiary/aromatic N) is 1. The van der Waals surface area contributed by atoms with Crippen LogP contribution in [-0.4, -0.2) is 43.6 Å². The summed E-state index contributed by atoms with van der Waals surface area (Å²) < 4.78 is 0. The molecule has 0 saturated carbocycles. The summed E-state index contributed by atoms with van der Waals surface area (Å²) in [5, 5.41) is 21.4. The lowest BCUT2D eigenvalue weighted by atomic mass is 9.93. The molecule has 0 amide bonds. The summed E-state index contributed by atoms with van der Waals surface area (Å²) >= 11 is 0. The van der Waals surface area contributed by atoms with Gasteiger partial charge < -0.3 is 20.4 Å². The molecule has 2 unspecified atom stereocenters. The van der Waals surface area contributed by atoms with E-state index in [-0.39, 0.29) is 6.61 Å². The lowest BCUT2D eigenvalue weighted by molar-refractivity contribution is 0.225. The van der Waals surface area contributed by atoms with Gasteiger partial charge in [-0.2, -0.15) is 0 Å². The van der Waals surface area contributed by atoms with Gasteiger partial charge in [0.2, 0.25) is 0 Å². The maximum atomic E-state index is 9.11. The van der Waals surface area contributed by atoms with Gasteiger partial charge in [0.05, 0.1) is 0 Å². The maximum absolute atomic E-state index is 9.11. The van der Waals surface area contributed by atoms with Crippen molar-refractivity contribution in [2.75, 3.05) is 43.6 Å². The van der Waals surface area contributed by atoms with Crippen molar-refractivity contribution < 1.29 is 10.2 Å². The first kappa shape index (κ1) is 17.8. The molecule has 4 rings (SSSR count). The number of para-hydroxylation sites is 2. The Kier molecular flexibility index (Phi) is 5.95. The quantitative estimate of drug-likeness (QED) is 0.786. The molecule has 4 heteroatoms. The van der Waals surface area contributed by atoms with Crippen molar-refractivity contribution in [2.24, 2.45) is 11.8 Å². The molecule has 4 nitrogen and oxygen atoms in total. The van der Waals surface area contributed by atoms with Gasteiger partial charge >= 0.3 is 0 Å². The fourth-order valence-electron chi connectivity index (χ4n) is 3.68. The van der Waals surface area contributed by atoms with Gasteiger partial charge in [-0.25, -0.2) is 0 Å². The average molecular weight is 340 g/mol. The molecular weight excluding hydrogens is 312 g/mol. The minimum Gasteiger partial charge on any atom is -0.396 e. The van der Waals surface area contributed by atoms with Gasteiger partial charge in [0.25, 0.3) is 0 Å². The molecule has 0 radical (unpaired) electrons. The van der Waals surface area contributed by atoms with Gasteiger partial charge in [0, 0.05) is 56.6 Å². The van der Waals surface area contributed by atoms with Crippen LogP contribution < -0.4 is 10.2 Å². The monoisotopic (exact) mass is 340 g/mol. The van der Waals surface area contributed by atoms with E-state index < -0.39 is 0 Å². The number of nitrogens with one attached hydrogen (secondary N) is 1. The molecule has 0 aliphatic carbocycles. The molecule has 0 bridgehead atoms. The highest BCUT2D eigenvalue weighted by Gasteiger charge is 2.20. The van der Waals surface area contributed by atoms with Crippen LogP contribution in [0.15, 0.2) is 48.5 Å². The van der Waals surface area contributed by atoms with Crippen LogP contribution in [0.4, 0.5) is 11.4 Å². The highest BCUT2D eigenvalue weighted by Crippen LogP contribution is 2.27. The first-order valence-corrected chi connectivity index (χ1v) is 9.03. The van der Waals surface area contributed by atoms with E-state index in [0.29, 0.717) is 18.4 Å². The van der Waals surface area contributed by atoms with Gasteiger partial charge in [-0.15, -0.1) is 0 Å². The van der Waals surface area contributed by atoms with Crippen molar-refractivity contribution >= 4 is 11.4 Å². The Balaban J connectivity index is 0.000000146. The summed E-state index contributed by atoms with van der Waals surface area (Å²) in [7, 11) is 2.08. The van der Waals surface area contributed by atoms with Crippen molar-refractivity contribution in [1.29, 1.82) is 0 Å². The Morgan fingerprint density at radius 3 is 2.32 bits per heavy atom. The number of aliphatic hydroxyl groups is 2. The van der Waals surface area contributed by atoms with Gasteiger partial charge in [0.15, 0.2) is 0 Å². The summed E-state index contributed by atoms with van der Waals surface area (Å²) in [5.41, 5.74) is 5.22. The molecule has 0 saturated heterocycles. The predicted molar refractivity (Wildman–Crippen MR) is 103 cm³/mol. The summed E-state index contributed by atoms with van der Waals surface area (Å²) in [5.74, 6) is 0.791. The number of hydrogen-bond acceptors (Lipinski definition) is 4. The van der Waals surface area contributed by atoms with Crippen molar-refractivity contribution in [3.63, 3.8) is 0 Å². The minimum atomic E-state index is 0.279. The van der Waals surface area contributed by atoms with Crippen LogP contribution in [0.3, 0.4) is 0 Å². The van der Waals surface area contributed by atoms with Gasteiger partial charge in [-0.3, -0.25) is 0 Å². The van der Waals surface area contributed by atoms with Gasteiger partial charge in [-0.05, 0) is 36.1 Å². The molecule has 0 aromatic heterocycles.